The van der Waals surface area contributed by atoms with E-state index in [9.17, 15) is 33.4 Å². The topological polar surface area (TPSA) is 227 Å². The second kappa shape index (κ2) is 20.5. The van der Waals surface area contributed by atoms with Gasteiger partial charge in [-0.15, -0.1) is 0 Å². The molecule has 3 atom stereocenters. The molecule has 0 aromatic heterocycles. The molecule has 0 aliphatic rings. The monoisotopic (exact) mass is 734 g/mol. The highest BCUT2D eigenvalue weighted by Crippen LogP contribution is 2.38. The van der Waals surface area contributed by atoms with Crippen LogP contribution in [0.2, 0.25) is 0 Å². The minimum atomic E-state index is -4.45. The summed E-state index contributed by atoms with van der Waals surface area (Å²) in [5.41, 5.74) is 7.28. The number of carbonyl (C=O) groups is 5. The zero-order valence-corrected chi connectivity index (χ0v) is 31.0. The van der Waals surface area contributed by atoms with Crippen molar-refractivity contribution in [2.24, 2.45) is 11.7 Å². The summed E-state index contributed by atoms with van der Waals surface area (Å²) in [6, 6.07) is 10.3. The highest BCUT2D eigenvalue weighted by molar-refractivity contribution is 7.45. The molecule has 0 aliphatic heterocycles. The molecule has 0 heterocycles. The fourth-order valence-corrected chi connectivity index (χ4v) is 5.16. The molecule has 0 saturated heterocycles. The Balaban J connectivity index is 2.02. The van der Waals surface area contributed by atoms with Gasteiger partial charge in [0.25, 0.3) is 13.7 Å². The predicted octanol–water partition coefficient (Wildman–Crippen LogP) is 1.83. The van der Waals surface area contributed by atoms with Crippen molar-refractivity contribution in [3.63, 3.8) is 0 Å². The van der Waals surface area contributed by atoms with Crippen LogP contribution >= 0.6 is 7.82 Å². The number of carbonyl (C=O) groups excluding carboxylic acids is 5. The van der Waals surface area contributed by atoms with Crippen LogP contribution < -0.4 is 31.9 Å². The highest BCUT2D eigenvalue weighted by Gasteiger charge is 2.29. The van der Waals surface area contributed by atoms with Gasteiger partial charge in [-0.3, -0.25) is 23.7 Å². The molecule has 0 fully saturated rings. The van der Waals surface area contributed by atoms with E-state index in [0.29, 0.717) is 28.7 Å². The van der Waals surface area contributed by atoms with Crippen molar-refractivity contribution in [1.29, 1.82) is 0 Å². The largest absolute Gasteiger partial charge is 0.756 e. The Morgan fingerprint density at radius 1 is 0.882 bits per heavy atom. The number of primary amides is 1. The molecule has 0 aliphatic carbocycles. The van der Waals surface area contributed by atoms with Gasteiger partial charge < -0.3 is 50.2 Å². The van der Waals surface area contributed by atoms with Gasteiger partial charge in [-0.2, -0.15) is 0 Å². The minimum Gasteiger partial charge on any atom is -0.756 e. The number of quaternary nitrogens is 1. The maximum Gasteiger partial charge on any atom is 0.312 e. The first-order valence-electron chi connectivity index (χ1n) is 16.5. The van der Waals surface area contributed by atoms with Crippen LogP contribution in [-0.4, -0.2) is 93.7 Å². The number of nitrogens with zero attached hydrogens (tertiary/aromatic N) is 1. The molecule has 0 saturated carbocycles. The van der Waals surface area contributed by atoms with Gasteiger partial charge in [0.15, 0.2) is 0 Å². The van der Waals surface area contributed by atoms with Crippen LogP contribution in [0.4, 0.5) is 10.5 Å². The Kier molecular flexibility index (Phi) is 17.2. The van der Waals surface area contributed by atoms with E-state index in [1.165, 1.54) is 6.92 Å². The number of nitrogens with two attached hydrogens (primary N) is 1. The summed E-state index contributed by atoms with van der Waals surface area (Å²) in [6.07, 6.45) is 0.714. The van der Waals surface area contributed by atoms with Crippen LogP contribution in [0.5, 0.6) is 0 Å². The average Bonchev–Trinajstić information content (AvgIpc) is 3.03. The van der Waals surface area contributed by atoms with Crippen molar-refractivity contribution < 1.29 is 51.7 Å². The Labute approximate surface area is 299 Å². The van der Waals surface area contributed by atoms with E-state index in [1.807, 2.05) is 21.1 Å². The second-order valence-electron chi connectivity index (χ2n) is 13.2. The molecule has 5 amide bonds. The number of urea groups is 1. The second-order valence-corrected chi connectivity index (χ2v) is 14.6. The van der Waals surface area contributed by atoms with Crippen LogP contribution in [0.15, 0.2) is 48.5 Å². The molecule has 6 N–H and O–H groups in total. The highest BCUT2D eigenvalue weighted by atomic mass is 31.2. The third-order valence-corrected chi connectivity index (χ3v) is 8.37. The molecule has 282 valence electrons. The predicted molar refractivity (Wildman–Crippen MR) is 188 cm³/mol. The Hall–Kier alpha value is -4.34. The maximum atomic E-state index is 13.5. The third-order valence-electron chi connectivity index (χ3n) is 7.37. The van der Waals surface area contributed by atoms with Gasteiger partial charge in [0, 0.05) is 24.7 Å². The van der Waals surface area contributed by atoms with Crippen LogP contribution in [0.1, 0.15) is 55.1 Å². The number of ether oxygens (including phenoxy) is 1. The van der Waals surface area contributed by atoms with Gasteiger partial charge in [-0.05, 0) is 60.6 Å². The Morgan fingerprint density at radius 2 is 1.49 bits per heavy atom. The average molecular weight is 735 g/mol. The first kappa shape index (κ1) is 42.8. The number of nitrogens with one attached hydrogen (secondary N) is 4. The van der Waals surface area contributed by atoms with E-state index in [4.69, 9.17) is 19.5 Å². The molecule has 0 spiro atoms. The molecule has 16 nitrogen and oxygen atoms in total. The summed E-state index contributed by atoms with van der Waals surface area (Å²) in [7, 11) is 1.29. The number of likely N-dealkylation sites (N-methyl/N-ethyl adjacent to an activating group) is 1. The molecule has 51 heavy (non-hydrogen) atoms. The van der Waals surface area contributed by atoms with Crippen molar-refractivity contribution in [3.05, 3.63) is 65.2 Å². The number of amides is 5. The quantitative estimate of drug-likeness (QED) is 0.0541. The van der Waals surface area contributed by atoms with Crippen molar-refractivity contribution in [2.75, 3.05) is 52.8 Å². The molecule has 2 rings (SSSR count). The number of anilines is 1. The van der Waals surface area contributed by atoms with Gasteiger partial charge in [0.2, 0.25) is 11.8 Å². The maximum absolute atomic E-state index is 13.5. The van der Waals surface area contributed by atoms with E-state index >= 15 is 0 Å². The van der Waals surface area contributed by atoms with Crippen molar-refractivity contribution >= 4 is 43.2 Å². The standard InChI is InChI=1S/C34H51N6O10P/c1-23(2)30(39-31(42)27-13-9-25(10-14-27)17-20-49-51(46,47)50-21-19-40(4,5)6)33(44)38-29(8-7-18-36-34(35)45)32(43)37-28-15-11-26(12-16-28)22-48-24(3)41/h9-16,23,29-30H,7-8,17-22H2,1-6H3,(H6-,35,36,37,38,39,42,43,44,45,46,47)/t29-,30-/m0/s1. The van der Waals surface area contributed by atoms with Crippen LogP contribution in [-0.2, 0) is 45.8 Å². The van der Waals surface area contributed by atoms with Crippen molar-refractivity contribution in [3.8, 4) is 0 Å². The van der Waals surface area contributed by atoms with E-state index in [2.05, 4.69) is 21.3 Å². The molecule has 0 radical (unpaired) electrons. The van der Waals surface area contributed by atoms with Gasteiger partial charge in [0.1, 0.15) is 31.8 Å². The molecule has 0 bridgehead atoms. The summed E-state index contributed by atoms with van der Waals surface area (Å²) in [4.78, 5) is 74.2. The summed E-state index contributed by atoms with van der Waals surface area (Å²) < 4.78 is 27.4. The van der Waals surface area contributed by atoms with E-state index < -0.39 is 49.6 Å². The number of phosphoric ester groups is 1. The fraction of sp³-hybridized carbons (Fsp3) is 0.500. The summed E-state index contributed by atoms with van der Waals surface area (Å²) in [5.74, 6) is -2.41. The lowest BCUT2D eigenvalue weighted by atomic mass is 10.0. The normalized spacial score (nSPS) is 13.7. The van der Waals surface area contributed by atoms with Crippen molar-refractivity contribution in [1.82, 2.24) is 16.0 Å². The Bertz CT molecular complexity index is 1510. The van der Waals surface area contributed by atoms with Gasteiger partial charge in [-0.25, -0.2) is 4.79 Å². The Morgan fingerprint density at radius 3 is 2.06 bits per heavy atom. The van der Waals surface area contributed by atoms with Gasteiger partial charge in [-0.1, -0.05) is 38.1 Å². The first-order valence-corrected chi connectivity index (χ1v) is 18.0. The summed E-state index contributed by atoms with van der Waals surface area (Å²) >= 11 is 0. The molecular formula is C34H51N6O10P. The fourth-order valence-electron chi connectivity index (χ4n) is 4.47. The van der Waals surface area contributed by atoms with Crippen LogP contribution in [0.3, 0.4) is 0 Å². The summed E-state index contributed by atoms with van der Waals surface area (Å²) in [5, 5.41) is 10.7. The lowest BCUT2D eigenvalue weighted by Gasteiger charge is -2.27. The number of phosphoric acid groups is 1. The van der Waals surface area contributed by atoms with Gasteiger partial charge >= 0.3 is 12.0 Å². The van der Waals surface area contributed by atoms with E-state index in [-0.39, 0.29) is 50.7 Å². The van der Waals surface area contributed by atoms with Crippen molar-refractivity contribution in [2.45, 2.75) is 58.7 Å². The SMILES string of the molecule is CC(=O)OCc1ccc(NC(=O)[C@H](CCCNC(N)=O)NC(=O)[C@@H](NC(=O)c2ccc(CCOP(=O)([O-])OCC[N+](C)(C)C)cc2)C(C)C)cc1. The molecule has 2 aromatic carbocycles. The van der Waals surface area contributed by atoms with Crippen LogP contribution in [0, 0.1) is 5.92 Å². The lowest BCUT2D eigenvalue weighted by molar-refractivity contribution is -0.870. The zero-order chi connectivity index (χ0) is 38.2. The number of benzene rings is 2. The minimum absolute atomic E-state index is 0.00143. The lowest BCUT2D eigenvalue weighted by Crippen LogP contribution is -2.54. The third kappa shape index (κ3) is 17.4. The van der Waals surface area contributed by atoms with Gasteiger partial charge in [0.05, 0.1) is 27.7 Å². The van der Waals surface area contributed by atoms with E-state index in [0.717, 1.165) is 5.56 Å². The first-order chi connectivity index (χ1) is 23.8. The smallest absolute Gasteiger partial charge is 0.312 e. The molecule has 2 aromatic rings. The number of hydrogen-bond acceptors (Lipinski definition) is 10. The molecule has 1 unspecified atom stereocenters. The van der Waals surface area contributed by atoms with E-state index in [1.54, 1.807) is 62.4 Å². The number of esters is 1. The zero-order valence-electron chi connectivity index (χ0n) is 30.1. The number of rotatable bonds is 21. The number of hydrogen-bond donors (Lipinski definition) is 5. The molecular weight excluding hydrogens is 683 g/mol. The van der Waals surface area contributed by atoms with Crippen LogP contribution in [0.25, 0.3) is 0 Å². The molecule has 17 heteroatoms. The summed E-state index contributed by atoms with van der Waals surface area (Å²) in [6.45, 7) is 5.40.